The van der Waals surface area contributed by atoms with Crippen LogP contribution in [0.3, 0.4) is 0 Å². The minimum atomic E-state index is 0.272. The lowest BCUT2D eigenvalue weighted by atomic mass is 9.90. The van der Waals surface area contributed by atoms with E-state index in [0.29, 0.717) is 6.04 Å². The highest BCUT2D eigenvalue weighted by atomic mass is 79.9. The Morgan fingerprint density at radius 1 is 1.25 bits per heavy atom. The van der Waals surface area contributed by atoms with E-state index in [0.717, 1.165) is 24.6 Å². The van der Waals surface area contributed by atoms with Gasteiger partial charge in [0.1, 0.15) is 0 Å². The average Bonchev–Trinajstić information content (AvgIpc) is 2.25. The number of carbonyl (C=O) groups is 1. The fourth-order valence-electron chi connectivity index (χ4n) is 2.29. The highest BCUT2D eigenvalue weighted by molar-refractivity contribution is 9.09. The van der Waals surface area contributed by atoms with Gasteiger partial charge >= 0.3 is 0 Å². The Kier molecular flexibility index (Phi) is 7.10. The molecule has 1 amide bonds. The summed E-state index contributed by atoms with van der Waals surface area (Å²) in [6.07, 6.45) is 9.59. The lowest BCUT2D eigenvalue weighted by molar-refractivity contribution is -0.126. The second-order valence-corrected chi connectivity index (χ2v) is 5.46. The molecule has 1 unspecified atom stereocenters. The normalized spacial score (nSPS) is 20.9. The van der Waals surface area contributed by atoms with Crippen molar-refractivity contribution in [1.29, 1.82) is 0 Å². The number of alkyl halides is 1. The van der Waals surface area contributed by atoms with Crippen LogP contribution in [0, 0.1) is 5.92 Å². The Bertz CT molecular complexity index is 196. The van der Waals surface area contributed by atoms with Crippen LogP contribution in [-0.2, 0) is 4.79 Å². The third kappa shape index (κ3) is 4.86. The zero-order valence-corrected chi connectivity index (χ0v) is 11.9. The third-order valence-electron chi connectivity index (χ3n) is 3.50. The van der Waals surface area contributed by atoms with Crippen LogP contribution < -0.4 is 5.32 Å². The molecule has 0 bridgehead atoms. The number of amides is 1. The van der Waals surface area contributed by atoms with Crippen molar-refractivity contribution in [3.63, 3.8) is 0 Å². The number of carbonyl (C=O) groups excluding carboxylic acids is 1. The summed E-state index contributed by atoms with van der Waals surface area (Å²) in [6.45, 7) is 2.12. The molecule has 1 N–H and O–H groups in total. The molecule has 0 aromatic heterocycles. The Balaban J connectivity index is 2.37. The molecule has 1 atom stereocenters. The molecule has 3 heteroatoms. The Morgan fingerprint density at radius 2 is 1.81 bits per heavy atom. The summed E-state index contributed by atoms with van der Waals surface area (Å²) in [7, 11) is 0. The monoisotopic (exact) mass is 289 g/mol. The van der Waals surface area contributed by atoms with Gasteiger partial charge in [0.05, 0.1) is 0 Å². The third-order valence-corrected chi connectivity index (χ3v) is 4.28. The summed E-state index contributed by atoms with van der Waals surface area (Å²) in [5.74, 6) is 0.557. The second-order valence-electron chi connectivity index (χ2n) is 4.81. The molecule has 1 fully saturated rings. The second kappa shape index (κ2) is 8.10. The summed E-state index contributed by atoms with van der Waals surface area (Å²) in [6, 6.07) is 0.304. The molecule has 0 heterocycles. The fourth-order valence-corrected chi connectivity index (χ4v) is 2.91. The van der Waals surface area contributed by atoms with Crippen LogP contribution in [-0.4, -0.2) is 17.3 Å². The van der Waals surface area contributed by atoms with Crippen molar-refractivity contribution in [2.75, 3.05) is 5.33 Å². The minimum Gasteiger partial charge on any atom is -0.352 e. The van der Waals surface area contributed by atoms with Crippen LogP contribution in [0.15, 0.2) is 0 Å². The SMILES string of the molecule is CCC(CBr)NC(=O)C1CCCCCCC1. The highest BCUT2D eigenvalue weighted by Crippen LogP contribution is 2.22. The van der Waals surface area contributed by atoms with Crippen molar-refractivity contribution in [3.05, 3.63) is 0 Å². The largest absolute Gasteiger partial charge is 0.352 e. The number of hydrogen-bond donors (Lipinski definition) is 1. The Labute approximate surface area is 108 Å². The van der Waals surface area contributed by atoms with E-state index in [1.165, 1.54) is 32.1 Å². The maximum absolute atomic E-state index is 12.1. The molecule has 2 nitrogen and oxygen atoms in total. The Hall–Kier alpha value is -0.0500. The number of rotatable bonds is 4. The van der Waals surface area contributed by atoms with E-state index in [1.807, 2.05) is 0 Å². The standard InChI is InChI=1S/C13H24BrNO/c1-2-12(10-14)15-13(16)11-8-6-4-3-5-7-9-11/h11-12H,2-10H2,1H3,(H,15,16). The predicted octanol–water partition coefficient (Wildman–Crippen LogP) is 3.64. The summed E-state index contributed by atoms with van der Waals surface area (Å²) in [4.78, 5) is 12.1. The first-order valence-electron chi connectivity index (χ1n) is 6.64. The van der Waals surface area contributed by atoms with E-state index in [9.17, 15) is 4.79 Å². The number of halogens is 1. The van der Waals surface area contributed by atoms with Crippen molar-refractivity contribution >= 4 is 21.8 Å². The summed E-state index contributed by atoms with van der Waals surface area (Å²) < 4.78 is 0. The molecule has 0 aromatic rings. The Morgan fingerprint density at radius 3 is 2.31 bits per heavy atom. The fraction of sp³-hybridized carbons (Fsp3) is 0.923. The minimum absolute atomic E-state index is 0.272. The van der Waals surface area contributed by atoms with Crippen molar-refractivity contribution < 1.29 is 4.79 Å². The topological polar surface area (TPSA) is 29.1 Å². The van der Waals surface area contributed by atoms with Gasteiger partial charge in [0.25, 0.3) is 0 Å². The van der Waals surface area contributed by atoms with Gasteiger partial charge in [-0.1, -0.05) is 55.0 Å². The molecule has 0 aliphatic heterocycles. The van der Waals surface area contributed by atoms with Crippen LogP contribution in [0.1, 0.15) is 58.3 Å². The summed E-state index contributed by atoms with van der Waals surface area (Å²) in [5, 5.41) is 4.01. The van der Waals surface area contributed by atoms with Gasteiger partial charge < -0.3 is 5.32 Å². The van der Waals surface area contributed by atoms with Crippen molar-refractivity contribution in [1.82, 2.24) is 5.32 Å². The maximum Gasteiger partial charge on any atom is 0.223 e. The molecule has 0 saturated heterocycles. The van der Waals surface area contributed by atoms with Gasteiger partial charge in [-0.25, -0.2) is 0 Å². The zero-order chi connectivity index (χ0) is 11.8. The first-order chi connectivity index (χ1) is 7.77. The molecule has 0 spiro atoms. The van der Waals surface area contributed by atoms with Crippen molar-refractivity contribution in [3.8, 4) is 0 Å². The van der Waals surface area contributed by atoms with E-state index >= 15 is 0 Å². The quantitative estimate of drug-likeness (QED) is 0.787. The van der Waals surface area contributed by atoms with Crippen LogP contribution in [0.5, 0.6) is 0 Å². The van der Waals surface area contributed by atoms with Gasteiger partial charge in [-0.15, -0.1) is 0 Å². The molecule has 1 aliphatic rings. The lowest BCUT2D eigenvalue weighted by Crippen LogP contribution is -2.39. The van der Waals surface area contributed by atoms with Crippen LogP contribution in [0.4, 0.5) is 0 Å². The summed E-state index contributed by atoms with van der Waals surface area (Å²) in [5.41, 5.74) is 0. The van der Waals surface area contributed by atoms with Gasteiger partial charge in [0, 0.05) is 17.3 Å². The molecule has 0 aromatic carbocycles. The maximum atomic E-state index is 12.1. The number of hydrogen-bond acceptors (Lipinski definition) is 1. The molecule has 16 heavy (non-hydrogen) atoms. The average molecular weight is 290 g/mol. The van der Waals surface area contributed by atoms with Gasteiger partial charge in [0.15, 0.2) is 0 Å². The van der Waals surface area contributed by atoms with Gasteiger partial charge in [-0.2, -0.15) is 0 Å². The van der Waals surface area contributed by atoms with Crippen molar-refractivity contribution in [2.45, 2.75) is 64.3 Å². The van der Waals surface area contributed by atoms with Crippen LogP contribution in [0.25, 0.3) is 0 Å². The van der Waals surface area contributed by atoms with Crippen molar-refractivity contribution in [2.24, 2.45) is 5.92 Å². The van der Waals surface area contributed by atoms with Gasteiger partial charge in [-0.05, 0) is 19.3 Å². The highest BCUT2D eigenvalue weighted by Gasteiger charge is 2.20. The smallest absolute Gasteiger partial charge is 0.223 e. The molecular weight excluding hydrogens is 266 g/mol. The van der Waals surface area contributed by atoms with Gasteiger partial charge in [-0.3, -0.25) is 4.79 Å². The van der Waals surface area contributed by atoms with E-state index in [1.54, 1.807) is 0 Å². The molecule has 1 rings (SSSR count). The first kappa shape index (κ1) is 14.0. The molecule has 1 aliphatic carbocycles. The molecule has 0 radical (unpaired) electrons. The van der Waals surface area contributed by atoms with E-state index < -0.39 is 0 Å². The van der Waals surface area contributed by atoms with E-state index in [2.05, 4.69) is 28.2 Å². The first-order valence-corrected chi connectivity index (χ1v) is 7.76. The van der Waals surface area contributed by atoms with Crippen LogP contribution >= 0.6 is 15.9 Å². The number of nitrogens with one attached hydrogen (secondary N) is 1. The van der Waals surface area contributed by atoms with E-state index in [4.69, 9.17) is 0 Å². The van der Waals surface area contributed by atoms with Crippen LogP contribution in [0.2, 0.25) is 0 Å². The lowest BCUT2D eigenvalue weighted by Gasteiger charge is -2.22. The van der Waals surface area contributed by atoms with E-state index in [-0.39, 0.29) is 11.8 Å². The summed E-state index contributed by atoms with van der Waals surface area (Å²) >= 11 is 3.44. The molecule has 1 saturated carbocycles. The molecular formula is C13H24BrNO. The molecule has 94 valence electrons. The zero-order valence-electron chi connectivity index (χ0n) is 10.3. The van der Waals surface area contributed by atoms with Gasteiger partial charge in [0.2, 0.25) is 5.91 Å². The predicted molar refractivity (Wildman–Crippen MR) is 71.8 cm³/mol.